The van der Waals surface area contributed by atoms with E-state index in [1.165, 1.54) is 6.33 Å². The Morgan fingerprint density at radius 1 is 1.33 bits per heavy atom. The molecule has 0 aliphatic heterocycles. The molecule has 76 valence electrons. The maximum absolute atomic E-state index is 6.02. The molecule has 15 heavy (non-hydrogen) atoms. The average molecular weight is 221 g/mol. The molecule has 0 saturated carbocycles. The first kappa shape index (κ1) is 9.86. The fourth-order valence-corrected chi connectivity index (χ4v) is 1.48. The highest BCUT2D eigenvalue weighted by molar-refractivity contribution is 6.35. The van der Waals surface area contributed by atoms with Crippen LogP contribution in [0.15, 0.2) is 24.8 Å². The molecule has 5 heteroatoms. The third-order valence-electron chi connectivity index (χ3n) is 2.11. The van der Waals surface area contributed by atoms with Crippen molar-refractivity contribution < 1.29 is 0 Å². The topological polar surface area (TPSA) is 64.7 Å². The van der Waals surface area contributed by atoms with Gasteiger partial charge in [-0.3, -0.25) is 4.98 Å². The monoisotopic (exact) mass is 220 g/mol. The van der Waals surface area contributed by atoms with Crippen molar-refractivity contribution in [2.75, 3.05) is 5.73 Å². The van der Waals surface area contributed by atoms with Crippen LogP contribution in [0.4, 0.5) is 5.82 Å². The standard InChI is InChI=1S/C10H9ClN4/c1-6-2-3-13-4-7(6)9-8(11)10(12)15-5-14-9/h2-5H,1H3,(H2,12,14,15). The molecule has 0 aromatic carbocycles. The smallest absolute Gasteiger partial charge is 0.146 e. The largest absolute Gasteiger partial charge is 0.382 e. The third kappa shape index (κ3) is 1.76. The molecule has 0 aliphatic rings. The first-order valence-electron chi connectivity index (χ1n) is 4.37. The van der Waals surface area contributed by atoms with E-state index in [-0.39, 0.29) is 5.82 Å². The number of hydrogen-bond donors (Lipinski definition) is 1. The van der Waals surface area contributed by atoms with Gasteiger partial charge in [0.25, 0.3) is 0 Å². The fraction of sp³-hybridized carbons (Fsp3) is 0.100. The van der Waals surface area contributed by atoms with Crippen molar-refractivity contribution >= 4 is 17.4 Å². The molecule has 2 aromatic heterocycles. The van der Waals surface area contributed by atoms with Crippen molar-refractivity contribution in [3.8, 4) is 11.3 Å². The second kappa shape index (κ2) is 3.82. The maximum Gasteiger partial charge on any atom is 0.146 e. The highest BCUT2D eigenvalue weighted by Crippen LogP contribution is 2.29. The van der Waals surface area contributed by atoms with Gasteiger partial charge in [-0.15, -0.1) is 0 Å². The molecule has 4 nitrogen and oxygen atoms in total. The quantitative estimate of drug-likeness (QED) is 0.799. The van der Waals surface area contributed by atoms with Crippen molar-refractivity contribution in [1.29, 1.82) is 0 Å². The number of aryl methyl sites for hydroxylation is 1. The summed E-state index contributed by atoms with van der Waals surface area (Å²) in [6, 6.07) is 1.89. The number of nitrogens with two attached hydrogens (primary N) is 1. The van der Waals surface area contributed by atoms with Crippen LogP contribution in [0, 0.1) is 6.92 Å². The van der Waals surface area contributed by atoms with E-state index in [9.17, 15) is 0 Å². The van der Waals surface area contributed by atoms with Gasteiger partial charge in [-0.1, -0.05) is 11.6 Å². The number of anilines is 1. The molecule has 2 N–H and O–H groups in total. The van der Waals surface area contributed by atoms with Gasteiger partial charge in [0.05, 0.1) is 5.69 Å². The van der Waals surface area contributed by atoms with E-state index in [1.807, 2.05) is 13.0 Å². The summed E-state index contributed by atoms with van der Waals surface area (Å²) in [5, 5.41) is 0.369. The van der Waals surface area contributed by atoms with Gasteiger partial charge < -0.3 is 5.73 Å². The summed E-state index contributed by atoms with van der Waals surface area (Å²) in [4.78, 5) is 11.9. The first-order chi connectivity index (χ1) is 7.20. The molecule has 0 fully saturated rings. The summed E-state index contributed by atoms with van der Waals surface area (Å²) in [7, 11) is 0. The second-order valence-electron chi connectivity index (χ2n) is 3.11. The Morgan fingerprint density at radius 3 is 2.87 bits per heavy atom. The van der Waals surface area contributed by atoms with Crippen LogP contribution >= 0.6 is 11.6 Å². The Labute approximate surface area is 92.2 Å². The highest BCUT2D eigenvalue weighted by atomic mass is 35.5. The Bertz CT molecular complexity index is 499. The van der Waals surface area contributed by atoms with Crippen LogP contribution in [0.2, 0.25) is 5.02 Å². The molecule has 0 spiro atoms. The lowest BCUT2D eigenvalue weighted by Crippen LogP contribution is -1.96. The van der Waals surface area contributed by atoms with Crippen molar-refractivity contribution in [2.45, 2.75) is 6.92 Å². The number of nitrogens with zero attached hydrogens (tertiary/aromatic N) is 3. The normalized spacial score (nSPS) is 10.3. The minimum atomic E-state index is 0.282. The van der Waals surface area contributed by atoms with Crippen LogP contribution in [-0.2, 0) is 0 Å². The van der Waals surface area contributed by atoms with E-state index in [0.717, 1.165) is 11.1 Å². The molecule has 0 saturated heterocycles. The van der Waals surface area contributed by atoms with Crippen molar-refractivity contribution in [1.82, 2.24) is 15.0 Å². The van der Waals surface area contributed by atoms with E-state index in [2.05, 4.69) is 15.0 Å². The Morgan fingerprint density at radius 2 is 2.13 bits per heavy atom. The SMILES string of the molecule is Cc1ccncc1-c1ncnc(N)c1Cl. The average Bonchev–Trinajstić information content (AvgIpc) is 2.23. The van der Waals surface area contributed by atoms with Crippen LogP contribution in [0.1, 0.15) is 5.56 Å². The fourth-order valence-electron chi connectivity index (χ4n) is 1.28. The number of hydrogen-bond acceptors (Lipinski definition) is 4. The Balaban J connectivity index is 2.65. The zero-order chi connectivity index (χ0) is 10.8. The molecule has 0 aliphatic carbocycles. The minimum absolute atomic E-state index is 0.282. The van der Waals surface area contributed by atoms with Crippen LogP contribution in [0.3, 0.4) is 0 Å². The zero-order valence-electron chi connectivity index (χ0n) is 8.11. The Hall–Kier alpha value is -1.68. The van der Waals surface area contributed by atoms with Crippen LogP contribution in [-0.4, -0.2) is 15.0 Å². The van der Waals surface area contributed by atoms with Gasteiger partial charge in [0, 0.05) is 18.0 Å². The number of nitrogen functional groups attached to an aromatic ring is 1. The van der Waals surface area contributed by atoms with E-state index < -0.39 is 0 Å². The lowest BCUT2D eigenvalue weighted by atomic mass is 10.1. The van der Waals surface area contributed by atoms with Crippen LogP contribution in [0.5, 0.6) is 0 Å². The van der Waals surface area contributed by atoms with Gasteiger partial charge in [-0.2, -0.15) is 0 Å². The summed E-state index contributed by atoms with van der Waals surface area (Å²) >= 11 is 6.02. The molecule has 0 amide bonds. The predicted molar refractivity (Wildman–Crippen MR) is 59.4 cm³/mol. The predicted octanol–water partition coefficient (Wildman–Crippen LogP) is 2.08. The zero-order valence-corrected chi connectivity index (χ0v) is 8.86. The summed E-state index contributed by atoms with van der Waals surface area (Å²) in [6.45, 7) is 1.96. The molecule has 0 radical (unpaired) electrons. The lowest BCUT2D eigenvalue weighted by molar-refractivity contribution is 1.17. The summed E-state index contributed by atoms with van der Waals surface area (Å²) < 4.78 is 0. The molecule has 0 bridgehead atoms. The van der Waals surface area contributed by atoms with Gasteiger partial charge in [0.2, 0.25) is 0 Å². The van der Waals surface area contributed by atoms with Gasteiger partial charge in [-0.25, -0.2) is 9.97 Å². The molecular weight excluding hydrogens is 212 g/mol. The maximum atomic E-state index is 6.02. The summed E-state index contributed by atoms with van der Waals surface area (Å²) in [5.74, 6) is 0.282. The Kier molecular flexibility index (Phi) is 2.51. The number of pyridine rings is 1. The summed E-state index contributed by atoms with van der Waals surface area (Å²) in [5.41, 5.74) is 8.14. The van der Waals surface area contributed by atoms with E-state index >= 15 is 0 Å². The number of rotatable bonds is 1. The van der Waals surface area contributed by atoms with Crippen molar-refractivity contribution in [3.05, 3.63) is 35.4 Å². The van der Waals surface area contributed by atoms with Gasteiger partial charge in [0.1, 0.15) is 17.2 Å². The number of aromatic nitrogens is 3. The van der Waals surface area contributed by atoms with Crippen LogP contribution in [0.25, 0.3) is 11.3 Å². The second-order valence-corrected chi connectivity index (χ2v) is 3.49. The van der Waals surface area contributed by atoms with Gasteiger partial charge in [0.15, 0.2) is 0 Å². The van der Waals surface area contributed by atoms with E-state index in [0.29, 0.717) is 10.7 Å². The van der Waals surface area contributed by atoms with Crippen molar-refractivity contribution in [3.63, 3.8) is 0 Å². The van der Waals surface area contributed by atoms with Gasteiger partial charge >= 0.3 is 0 Å². The van der Waals surface area contributed by atoms with E-state index in [4.69, 9.17) is 17.3 Å². The van der Waals surface area contributed by atoms with E-state index in [1.54, 1.807) is 12.4 Å². The molecule has 2 heterocycles. The molecule has 0 atom stereocenters. The summed E-state index contributed by atoms with van der Waals surface area (Å²) in [6.07, 6.45) is 4.82. The molecule has 0 unspecified atom stereocenters. The van der Waals surface area contributed by atoms with Gasteiger partial charge in [-0.05, 0) is 18.6 Å². The van der Waals surface area contributed by atoms with Crippen LogP contribution < -0.4 is 5.73 Å². The molecular formula is C10H9ClN4. The first-order valence-corrected chi connectivity index (χ1v) is 4.75. The minimum Gasteiger partial charge on any atom is -0.382 e. The van der Waals surface area contributed by atoms with Crippen molar-refractivity contribution in [2.24, 2.45) is 0 Å². The lowest BCUT2D eigenvalue weighted by Gasteiger charge is -2.06. The molecule has 2 aromatic rings. The highest BCUT2D eigenvalue weighted by Gasteiger charge is 2.10. The third-order valence-corrected chi connectivity index (χ3v) is 2.48. The molecule has 2 rings (SSSR count). The number of halogens is 1.